The summed E-state index contributed by atoms with van der Waals surface area (Å²) in [5.41, 5.74) is 5.42. The lowest BCUT2D eigenvalue weighted by molar-refractivity contribution is -0.138. The standard InChI is InChI=1S/C16H22FN3O3S.ClH/c17-13-3-5-14(6-4-13)24(22,23)20-11-9-19(10-12-20)15(21)16(18)7-1-2-8-16;/h3-6H,1-2,7-12,18H2;1H. The molecule has 1 aliphatic heterocycles. The lowest BCUT2D eigenvalue weighted by atomic mass is 9.97. The number of piperazine rings is 1. The predicted octanol–water partition coefficient (Wildman–Crippen LogP) is 1.35. The number of sulfonamides is 1. The molecular formula is C16H23ClFN3O3S. The van der Waals surface area contributed by atoms with E-state index in [-0.39, 0.29) is 36.3 Å². The summed E-state index contributed by atoms with van der Waals surface area (Å²) in [6.45, 7) is 1.11. The summed E-state index contributed by atoms with van der Waals surface area (Å²) in [5, 5.41) is 0. The quantitative estimate of drug-likeness (QED) is 0.843. The van der Waals surface area contributed by atoms with Gasteiger partial charge in [0.05, 0.1) is 10.4 Å². The first-order valence-corrected chi connectivity index (χ1v) is 9.61. The third kappa shape index (κ3) is 3.97. The molecule has 6 nitrogen and oxygen atoms in total. The number of nitrogens with two attached hydrogens (primary N) is 1. The maximum absolute atomic E-state index is 13.0. The Labute approximate surface area is 153 Å². The molecule has 1 saturated carbocycles. The molecule has 0 radical (unpaired) electrons. The Kier molecular flexibility index (Phi) is 6.09. The van der Waals surface area contributed by atoms with Crippen LogP contribution in [0.15, 0.2) is 29.2 Å². The highest BCUT2D eigenvalue weighted by molar-refractivity contribution is 7.89. The van der Waals surface area contributed by atoms with Crippen LogP contribution in [-0.2, 0) is 14.8 Å². The summed E-state index contributed by atoms with van der Waals surface area (Å²) >= 11 is 0. The molecular weight excluding hydrogens is 369 g/mol. The van der Waals surface area contributed by atoms with Crippen molar-refractivity contribution < 1.29 is 17.6 Å². The number of hydrogen-bond donors (Lipinski definition) is 1. The molecule has 1 aromatic rings. The van der Waals surface area contributed by atoms with E-state index in [1.54, 1.807) is 4.90 Å². The Morgan fingerprint density at radius 2 is 1.56 bits per heavy atom. The second-order valence-electron chi connectivity index (χ2n) is 6.51. The van der Waals surface area contributed by atoms with Crippen LogP contribution in [-0.4, -0.2) is 55.2 Å². The van der Waals surface area contributed by atoms with E-state index in [2.05, 4.69) is 0 Å². The minimum atomic E-state index is -3.66. The topological polar surface area (TPSA) is 83.7 Å². The smallest absolute Gasteiger partial charge is 0.243 e. The zero-order valence-corrected chi connectivity index (χ0v) is 15.5. The fourth-order valence-corrected chi connectivity index (χ4v) is 4.84. The van der Waals surface area contributed by atoms with E-state index in [1.807, 2.05) is 0 Å². The van der Waals surface area contributed by atoms with Crippen molar-refractivity contribution in [2.45, 2.75) is 36.1 Å². The zero-order chi connectivity index (χ0) is 17.4. The van der Waals surface area contributed by atoms with Crippen LogP contribution in [0.25, 0.3) is 0 Å². The summed E-state index contributed by atoms with van der Waals surface area (Å²) in [4.78, 5) is 14.3. The average Bonchev–Trinajstić information content (AvgIpc) is 3.03. The van der Waals surface area contributed by atoms with Crippen molar-refractivity contribution in [1.29, 1.82) is 0 Å². The van der Waals surface area contributed by atoms with Crippen molar-refractivity contribution in [2.75, 3.05) is 26.2 Å². The summed E-state index contributed by atoms with van der Waals surface area (Å²) in [5.74, 6) is -0.548. The molecule has 140 valence electrons. The zero-order valence-electron chi connectivity index (χ0n) is 13.9. The van der Waals surface area contributed by atoms with Crippen LogP contribution in [0.4, 0.5) is 4.39 Å². The number of benzene rings is 1. The van der Waals surface area contributed by atoms with E-state index in [0.29, 0.717) is 25.9 Å². The molecule has 0 unspecified atom stereocenters. The lowest BCUT2D eigenvalue weighted by Gasteiger charge is -2.37. The van der Waals surface area contributed by atoms with E-state index in [9.17, 15) is 17.6 Å². The first kappa shape index (κ1) is 20.1. The number of hydrogen-bond acceptors (Lipinski definition) is 4. The van der Waals surface area contributed by atoms with E-state index < -0.39 is 21.4 Å². The van der Waals surface area contributed by atoms with Crippen LogP contribution in [0.5, 0.6) is 0 Å². The molecule has 3 rings (SSSR count). The van der Waals surface area contributed by atoms with Crippen LogP contribution < -0.4 is 5.73 Å². The number of carbonyl (C=O) groups excluding carboxylic acids is 1. The first-order valence-electron chi connectivity index (χ1n) is 8.17. The fraction of sp³-hybridized carbons (Fsp3) is 0.562. The third-order valence-electron chi connectivity index (χ3n) is 4.90. The number of rotatable bonds is 3. The van der Waals surface area contributed by atoms with Gasteiger partial charge in [0.25, 0.3) is 0 Å². The highest BCUT2D eigenvalue weighted by Crippen LogP contribution is 2.29. The molecule has 2 fully saturated rings. The van der Waals surface area contributed by atoms with E-state index in [4.69, 9.17) is 5.73 Å². The van der Waals surface area contributed by atoms with Gasteiger partial charge in [-0.3, -0.25) is 4.79 Å². The minimum Gasteiger partial charge on any atom is -0.338 e. The van der Waals surface area contributed by atoms with Gasteiger partial charge in [-0.25, -0.2) is 12.8 Å². The molecule has 0 bridgehead atoms. The van der Waals surface area contributed by atoms with Crippen molar-refractivity contribution in [2.24, 2.45) is 5.73 Å². The van der Waals surface area contributed by atoms with E-state index in [1.165, 1.54) is 16.4 Å². The normalized spacial score (nSPS) is 21.0. The van der Waals surface area contributed by atoms with E-state index >= 15 is 0 Å². The number of carbonyl (C=O) groups is 1. The second-order valence-corrected chi connectivity index (χ2v) is 8.45. The fourth-order valence-electron chi connectivity index (χ4n) is 3.42. The highest BCUT2D eigenvalue weighted by Gasteiger charge is 2.41. The molecule has 25 heavy (non-hydrogen) atoms. The molecule has 2 aliphatic rings. The first-order chi connectivity index (χ1) is 11.3. The molecule has 2 N–H and O–H groups in total. The number of amides is 1. The Hall–Kier alpha value is -1.22. The summed E-state index contributed by atoms with van der Waals surface area (Å²) < 4.78 is 39.5. The van der Waals surface area contributed by atoms with Gasteiger partial charge in [-0.15, -0.1) is 12.4 Å². The molecule has 9 heteroatoms. The largest absolute Gasteiger partial charge is 0.338 e. The van der Waals surface area contributed by atoms with Crippen molar-refractivity contribution >= 4 is 28.3 Å². The molecule has 1 heterocycles. The van der Waals surface area contributed by atoms with Gasteiger partial charge in [0.1, 0.15) is 5.82 Å². The van der Waals surface area contributed by atoms with E-state index in [0.717, 1.165) is 25.0 Å². The van der Waals surface area contributed by atoms with Crippen LogP contribution >= 0.6 is 12.4 Å². The van der Waals surface area contributed by atoms with Crippen molar-refractivity contribution in [3.63, 3.8) is 0 Å². The lowest BCUT2D eigenvalue weighted by Crippen LogP contribution is -2.59. The van der Waals surface area contributed by atoms with Gasteiger partial charge in [0.15, 0.2) is 0 Å². The Morgan fingerprint density at radius 3 is 2.08 bits per heavy atom. The van der Waals surface area contributed by atoms with Crippen LogP contribution in [0.2, 0.25) is 0 Å². The highest BCUT2D eigenvalue weighted by atomic mass is 35.5. The Morgan fingerprint density at radius 1 is 1.04 bits per heavy atom. The molecule has 1 aliphatic carbocycles. The maximum Gasteiger partial charge on any atom is 0.243 e. The van der Waals surface area contributed by atoms with Gasteiger partial charge in [0.2, 0.25) is 15.9 Å². The molecule has 1 amide bonds. The number of halogens is 2. The molecule has 1 aromatic carbocycles. The van der Waals surface area contributed by atoms with Crippen molar-refractivity contribution in [3.8, 4) is 0 Å². The monoisotopic (exact) mass is 391 g/mol. The van der Waals surface area contributed by atoms with Crippen LogP contribution in [0.3, 0.4) is 0 Å². The van der Waals surface area contributed by atoms with Crippen molar-refractivity contribution in [3.05, 3.63) is 30.1 Å². The molecule has 1 saturated heterocycles. The maximum atomic E-state index is 13.0. The SMILES string of the molecule is Cl.NC1(C(=O)N2CCN(S(=O)(=O)c3ccc(F)cc3)CC2)CCCC1. The molecule has 0 atom stereocenters. The Bertz CT molecular complexity index is 713. The summed E-state index contributed by atoms with van der Waals surface area (Å²) in [6, 6.07) is 4.78. The van der Waals surface area contributed by atoms with Crippen molar-refractivity contribution in [1.82, 2.24) is 9.21 Å². The third-order valence-corrected chi connectivity index (χ3v) is 6.81. The van der Waals surface area contributed by atoms with Gasteiger partial charge < -0.3 is 10.6 Å². The van der Waals surface area contributed by atoms with Gasteiger partial charge in [0, 0.05) is 26.2 Å². The average molecular weight is 392 g/mol. The van der Waals surface area contributed by atoms with Gasteiger partial charge in [-0.05, 0) is 37.1 Å². The van der Waals surface area contributed by atoms with Gasteiger partial charge in [-0.1, -0.05) is 12.8 Å². The van der Waals surface area contributed by atoms with Crippen LogP contribution in [0.1, 0.15) is 25.7 Å². The second kappa shape index (κ2) is 7.57. The summed E-state index contributed by atoms with van der Waals surface area (Å²) in [7, 11) is -3.66. The summed E-state index contributed by atoms with van der Waals surface area (Å²) in [6.07, 6.45) is 3.31. The molecule has 0 spiro atoms. The number of nitrogens with zero attached hydrogens (tertiary/aromatic N) is 2. The Balaban J connectivity index is 0.00000225. The predicted molar refractivity (Wildman–Crippen MR) is 94.4 cm³/mol. The van der Waals surface area contributed by atoms with Crippen LogP contribution in [0, 0.1) is 5.82 Å². The van der Waals surface area contributed by atoms with Gasteiger partial charge in [-0.2, -0.15) is 4.31 Å². The molecule has 0 aromatic heterocycles. The minimum absolute atomic E-state index is 0. The van der Waals surface area contributed by atoms with Gasteiger partial charge >= 0.3 is 0 Å².